The second kappa shape index (κ2) is 18.7. The molecule has 14 heteroatoms. The van der Waals surface area contributed by atoms with E-state index in [2.05, 4.69) is 10.1 Å². The third kappa shape index (κ3) is 11.9. The van der Waals surface area contributed by atoms with E-state index in [1.54, 1.807) is 11.8 Å². The van der Waals surface area contributed by atoms with Crippen molar-refractivity contribution >= 4 is 27.7 Å². The van der Waals surface area contributed by atoms with Crippen molar-refractivity contribution < 1.29 is 36.7 Å². The molecular weight excluding hydrogens is 632 g/mol. The molecule has 0 aromatic carbocycles. The van der Waals surface area contributed by atoms with E-state index in [1.165, 1.54) is 5.01 Å². The summed E-state index contributed by atoms with van der Waals surface area (Å²) in [6.45, 7) is 6.93. The van der Waals surface area contributed by atoms with Gasteiger partial charge >= 0.3 is 0 Å². The maximum absolute atomic E-state index is 14.4. The van der Waals surface area contributed by atoms with Crippen LogP contribution in [-0.2, 0) is 24.4 Å². The number of nitrogens with one attached hydrogen (secondary N) is 2. The maximum Gasteiger partial charge on any atom is 0.227 e. The van der Waals surface area contributed by atoms with Gasteiger partial charge in [-0.2, -0.15) is 0 Å². The second-order valence-corrected chi connectivity index (χ2v) is 16.1. The first-order chi connectivity index (χ1) is 22.3. The van der Waals surface area contributed by atoms with Gasteiger partial charge in [0.2, 0.25) is 27.7 Å². The fourth-order valence-corrected chi connectivity index (χ4v) is 9.43. The predicted molar refractivity (Wildman–Crippen MR) is 177 cm³/mol. The number of rotatable bonds is 17. The average Bonchev–Trinajstić information content (AvgIpc) is 3.03. The molecule has 0 saturated heterocycles. The number of carbonyl (C=O) groups excluding carboxylic acids is 3. The Morgan fingerprint density at radius 3 is 2.00 bits per heavy atom. The van der Waals surface area contributed by atoms with Crippen LogP contribution in [0.3, 0.4) is 0 Å². The van der Waals surface area contributed by atoms with E-state index in [4.69, 9.17) is 5.73 Å². The Hall–Kier alpha value is -1.90. The zero-order valence-electron chi connectivity index (χ0n) is 28.5. The molecule has 0 bridgehead atoms. The molecule has 0 aromatic heterocycles. The Labute approximate surface area is 280 Å². The SMILES string of the molecule is CCCN(CCC)C(=O)C1CC(C(N)=O)CC(C(=O)NC(CC2CC(F)CC(F)C2)C(O)CN(CC)NS(=O)(=O)C2CCCCC2)C1. The fraction of sp³-hybridized carbons (Fsp3) is 0.909. The molecule has 0 aromatic rings. The molecule has 0 heterocycles. The van der Waals surface area contributed by atoms with E-state index in [0.29, 0.717) is 25.9 Å². The number of primary amides is 1. The Bertz CT molecular complexity index is 1110. The first kappa shape index (κ1) is 39.5. The van der Waals surface area contributed by atoms with Crippen LogP contribution in [0.2, 0.25) is 0 Å². The highest BCUT2D eigenvalue weighted by Crippen LogP contribution is 2.36. The highest BCUT2D eigenvalue weighted by molar-refractivity contribution is 7.90. The molecule has 3 aliphatic rings. The van der Waals surface area contributed by atoms with Gasteiger partial charge in [0.1, 0.15) is 12.3 Å². The van der Waals surface area contributed by atoms with Crippen LogP contribution >= 0.6 is 0 Å². The minimum absolute atomic E-state index is 0.0930. The van der Waals surface area contributed by atoms with Crippen molar-refractivity contribution in [2.24, 2.45) is 29.4 Å². The minimum atomic E-state index is -3.69. The van der Waals surface area contributed by atoms with Gasteiger partial charge in [-0.3, -0.25) is 14.4 Å². The summed E-state index contributed by atoms with van der Waals surface area (Å²) in [6, 6.07) is -0.946. The zero-order chi connectivity index (χ0) is 34.7. The summed E-state index contributed by atoms with van der Waals surface area (Å²) in [5.41, 5.74) is 5.69. The standard InChI is InChI=1S/C33H59F2N5O6S/c1-4-12-39(13-5-2)33(44)25-18-23(31(36)42)17-24(19-25)32(43)37-29(16-22-14-26(34)20-27(35)15-22)30(41)21-40(6-3)38-47(45,46)28-10-8-7-9-11-28/h22-30,38,41H,4-21H2,1-3H3,(H2,36,42)(H,37,43). The summed E-state index contributed by atoms with van der Waals surface area (Å²) in [4.78, 5) is 44.1. The Morgan fingerprint density at radius 1 is 0.872 bits per heavy atom. The van der Waals surface area contributed by atoms with Crippen molar-refractivity contribution in [3.63, 3.8) is 0 Å². The van der Waals surface area contributed by atoms with E-state index in [-0.39, 0.29) is 63.9 Å². The van der Waals surface area contributed by atoms with Gasteiger partial charge in [0.05, 0.1) is 17.4 Å². The number of carbonyl (C=O) groups is 3. The number of alkyl halides is 2. The molecule has 0 radical (unpaired) electrons. The molecule has 3 saturated carbocycles. The monoisotopic (exact) mass is 691 g/mol. The lowest BCUT2D eigenvalue weighted by Crippen LogP contribution is -2.55. The maximum atomic E-state index is 14.4. The first-order valence-corrected chi connectivity index (χ1v) is 19.4. The number of amides is 3. The van der Waals surface area contributed by atoms with Crippen molar-refractivity contribution in [3.05, 3.63) is 0 Å². The summed E-state index contributed by atoms with van der Waals surface area (Å²) in [7, 11) is -3.69. The molecule has 0 aliphatic heterocycles. The van der Waals surface area contributed by atoms with Gasteiger partial charge in [0.15, 0.2) is 0 Å². The van der Waals surface area contributed by atoms with Crippen LogP contribution in [0.4, 0.5) is 8.78 Å². The van der Waals surface area contributed by atoms with Gasteiger partial charge in [0, 0.05) is 50.4 Å². The summed E-state index contributed by atoms with van der Waals surface area (Å²) < 4.78 is 55.0. The van der Waals surface area contributed by atoms with Crippen molar-refractivity contribution in [2.75, 3.05) is 26.2 Å². The fourth-order valence-electron chi connectivity index (χ4n) is 7.77. The van der Waals surface area contributed by atoms with Crippen LogP contribution in [-0.4, -0.2) is 97.1 Å². The van der Waals surface area contributed by atoms with E-state index in [0.717, 1.165) is 32.1 Å². The molecule has 3 rings (SSSR count). The molecule has 5 N–H and O–H groups in total. The van der Waals surface area contributed by atoms with Crippen LogP contribution in [0.25, 0.3) is 0 Å². The zero-order valence-corrected chi connectivity index (χ0v) is 29.4. The lowest BCUT2D eigenvalue weighted by Gasteiger charge is -2.37. The molecular formula is C33H59F2N5O6S. The summed E-state index contributed by atoms with van der Waals surface area (Å²) in [6.07, 6.45) is 2.14. The van der Waals surface area contributed by atoms with Crippen LogP contribution < -0.4 is 15.9 Å². The largest absolute Gasteiger partial charge is 0.390 e. The molecule has 47 heavy (non-hydrogen) atoms. The van der Waals surface area contributed by atoms with Crippen molar-refractivity contribution in [2.45, 2.75) is 140 Å². The number of aliphatic hydroxyl groups excluding tert-OH is 1. The van der Waals surface area contributed by atoms with Gasteiger partial charge in [-0.15, -0.1) is 4.83 Å². The number of likely N-dealkylation sites (N-methyl/N-ethyl adjacent to an activating group) is 1. The Kier molecular flexibility index (Phi) is 15.8. The molecule has 272 valence electrons. The van der Waals surface area contributed by atoms with E-state index in [9.17, 15) is 36.7 Å². The normalized spacial score (nSPS) is 28.8. The predicted octanol–water partition coefficient (Wildman–Crippen LogP) is 3.35. The number of sulfonamides is 1. The first-order valence-electron chi connectivity index (χ1n) is 17.9. The molecule has 3 fully saturated rings. The molecule has 3 amide bonds. The lowest BCUT2D eigenvalue weighted by molar-refractivity contribution is -0.141. The van der Waals surface area contributed by atoms with Crippen molar-refractivity contribution in [3.8, 4) is 0 Å². The van der Waals surface area contributed by atoms with Crippen LogP contribution in [0, 0.1) is 23.7 Å². The summed E-state index contributed by atoms with van der Waals surface area (Å²) in [5.74, 6) is -3.59. The smallest absolute Gasteiger partial charge is 0.227 e. The molecule has 7 atom stereocenters. The third-order valence-corrected chi connectivity index (χ3v) is 12.1. The average molecular weight is 692 g/mol. The van der Waals surface area contributed by atoms with Crippen LogP contribution in [0.15, 0.2) is 0 Å². The number of hydrogen-bond acceptors (Lipinski definition) is 7. The third-order valence-electron chi connectivity index (χ3n) is 10.2. The minimum Gasteiger partial charge on any atom is -0.390 e. The van der Waals surface area contributed by atoms with E-state index in [1.807, 2.05) is 13.8 Å². The molecule has 7 unspecified atom stereocenters. The lowest BCUT2D eigenvalue weighted by atomic mass is 9.73. The number of nitrogens with zero attached hydrogens (tertiary/aromatic N) is 2. The molecule has 0 spiro atoms. The van der Waals surface area contributed by atoms with Crippen molar-refractivity contribution in [1.29, 1.82) is 0 Å². The van der Waals surface area contributed by atoms with Crippen LogP contribution in [0.5, 0.6) is 0 Å². The van der Waals surface area contributed by atoms with Crippen molar-refractivity contribution in [1.82, 2.24) is 20.1 Å². The number of hydrogen-bond donors (Lipinski definition) is 4. The van der Waals surface area contributed by atoms with E-state index >= 15 is 0 Å². The highest BCUT2D eigenvalue weighted by Gasteiger charge is 2.41. The van der Waals surface area contributed by atoms with Crippen LogP contribution in [0.1, 0.15) is 111 Å². The molecule has 3 aliphatic carbocycles. The Balaban J connectivity index is 1.79. The number of hydrazine groups is 1. The second-order valence-electron chi connectivity index (χ2n) is 14.1. The summed E-state index contributed by atoms with van der Waals surface area (Å²) >= 11 is 0. The Morgan fingerprint density at radius 2 is 1.45 bits per heavy atom. The van der Waals surface area contributed by atoms with Gasteiger partial charge in [0.25, 0.3) is 0 Å². The number of aliphatic hydroxyl groups is 1. The van der Waals surface area contributed by atoms with E-state index < -0.39 is 75.2 Å². The number of nitrogens with two attached hydrogens (primary N) is 1. The number of halogens is 2. The highest BCUT2D eigenvalue weighted by atomic mass is 32.2. The molecule has 11 nitrogen and oxygen atoms in total. The summed E-state index contributed by atoms with van der Waals surface area (Å²) in [5, 5.41) is 15.3. The van der Waals surface area contributed by atoms with Gasteiger partial charge < -0.3 is 21.1 Å². The van der Waals surface area contributed by atoms with Gasteiger partial charge in [-0.05, 0) is 70.1 Å². The van der Waals surface area contributed by atoms with Gasteiger partial charge in [-0.1, -0.05) is 40.0 Å². The van der Waals surface area contributed by atoms with Gasteiger partial charge in [-0.25, -0.2) is 22.2 Å². The quantitative estimate of drug-likeness (QED) is 0.170. The topological polar surface area (TPSA) is 162 Å².